The first kappa shape index (κ1) is 35.2. The predicted octanol–water partition coefficient (Wildman–Crippen LogP) is 4.93. The molecule has 0 fully saturated rings. The highest BCUT2D eigenvalue weighted by atomic mass is 32.2. The number of hydrogen-bond acceptors (Lipinski definition) is 11. The molecule has 264 valence electrons. The molecule has 2 atom stereocenters. The molecule has 2 heterocycles. The number of aliphatic imine (C=N–C) groups is 1. The lowest BCUT2D eigenvalue weighted by atomic mass is 9.83. The fraction of sp³-hybridized carbons (Fsp3) is 0.278. The van der Waals surface area contributed by atoms with E-state index in [9.17, 15) is 13.2 Å². The Bertz CT molecular complexity index is 2040. The number of azide groups is 1. The van der Waals surface area contributed by atoms with E-state index in [1.165, 1.54) is 12.1 Å². The quantitative estimate of drug-likeness (QED) is 0.0475. The van der Waals surface area contributed by atoms with E-state index >= 15 is 0 Å². The summed E-state index contributed by atoms with van der Waals surface area (Å²) < 4.78 is 50.4. The molecule has 0 saturated carbocycles. The maximum atomic E-state index is 14.6. The van der Waals surface area contributed by atoms with Crippen LogP contribution >= 0.6 is 0 Å². The van der Waals surface area contributed by atoms with E-state index in [0.29, 0.717) is 47.0 Å². The van der Waals surface area contributed by atoms with Crippen LogP contribution in [-0.2, 0) is 32.5 Å². The maximum Gasteiger partial charge on any atom is 0.266 e. The molecule has 0 spiro atoms. The summed E-state index contributed by atoms with van der Waals surface area (Å²) in [5.41, 5.74) is 15.4. The average Bonchev–Trinajstić information content (AvgIpc) is 3.80. The second-order valence-electron chi connectivity index (χ2n) is 11.8. The van der Waals surface area contributed by atoms with Crippen molar-refractivity contribution in [1.29, 1.82) is 0 Å². The number of benzene rings is 4. The number of aliphatic hydroxyl groups excluding tert-OH is 1. The van der Waals surface area contributed by atoms with Crippen LogP contribution in [0.1, 0.15) is 41.2 Å². The zero-order chi connectivity index (χ0) is 35.7. The minimum Gasteiger partial charge on any atom is -0.494 e. The zero-order valence-corrected chi connectivity index (χ0v) is 28.3. The van der Waals surface area contributed by atoms with Crippen LogP contribution in [0, 0.1) is 0 Å². The zero-order valence-electron chi connectivity index (χ0n) is 27.5. The number of sulfone groups is 1. The third-order valence-corrected chi connectivity index (χ3v) is 10.2. The number of carbonyl (C=O) groups is 1. The number of carbonyl (C=O) groups excluding carboxylic acids is 1. The van der Waals surface area contributed by atoms with Crippen molar-refractivity contribution in [3.8, 4) is 17.2 Å². The van der Waals surface area contributed by atoms with E-state index in [-0.39, 0.29) is 43.7 Å². The summed E-state index contributed by atoms with van der Waals surface area (Å²) in [5, 5.41) is 12.8. The Hall–Kier alpha value is -5.60. The van der Waals surface area contributed by atoms with Gasteiger partial charge in [0.05, 0.1) is 23.8 Å². The van der Waals surface area contributed by atoms with Crippen LogP contribution in [0.15, 0.2) is 112 Å². The summed E-state index contributed by atoms with van der Waals surface area (Å²) in [5.74, 6) is 0.825. The third kappa shape index (κ3) is 8.08. The van der Waals surface area contributed by atoms with E-state index in [1.807, 2.05) is 6.07 Å². The molecule has 0 unspecified atom stereocenters. The molecule has 2 aliphatic rings. The molecular weight excluding hydrogens is 676 g/mol. The number of nitrogens with one attached hydrogen (secondary N) is 2. The van der Waals surface area contributed by atoms with Crippen molar-refractivity contribution in [2.45, 2.75) is 42.5 Å². The van der Waals surface area contributed by atoms with Crippen LogP contribution in [0.2, 0.25) is 0 Å². The van der Waals surface area contributed by atoms with E-state index in [1.54, 1.807) is 78.9 Å². The fourth-order valence-electron chi connectivity index (χ4n) is 5.81. The molecule has 15 heteroatoms. The van der Waals surface area contributed by atoms with Gasteiger partial charge >= 0.3 is 0 Å². The van der Waals surface area contributed by atoms with Crippen molar-refractivity contribution < 1.29 is 37.3 Å². The SMILES string of the molecule is [N-]=[N+]=NCc1ccccc1[C@@H]1OC(c2ccc(OCCCO)cc2)=N[C@]1(CCS(=O)(=O)c1ccccc1)C(=O)NNCc1ccc2c(c1)OCO2. The molecule has 0 radical (unpaired) electrons. The number of hydrazine groups is 1. The lowest BCUT2D eigenvalue weighted by Crippen LogP contribution is -2.53. The molecule has 6 rings (SSSR count). The molecule has 14 nitrogen and oxygen atoms in total. The Labute approximate surface area is 294 Å². The molecule has 0 aromatic heterocycles. The van der Waals surface area contributed by atoms with Gasteiger partial charge in [0.1, 0.15) is 5.75 Å². The van der Waals surface area contributed by atoms with Gasteiger partial charge in [-0.1, -0.05) is 53.6 Å². The number of hydrogen-bond donors (Lipinski definition) is 3. The number of aliphatic hydroxyl groups is 1. The highest BCUT2D eigenvalue weighted by Gasteiger charge is 2.54. The van der Waals surface area contributed by atoms with Gasteiger partial charge in [-0.3, -0.25) is 10.2 Å². The van der Waals surface area contributed by atoms with Gasteiger partial charge in [0.15, 0.2) is 33.0 Å². The molecule has 0 aliphatic carbocycles. The Morgan fingerprint density at radius 2 is 1.78 bits per heavy atom. The maximum absolute atomic E-state index is 14.6. The first-order valence-electron chi connectivity index (χ1n) is 16.2. The van der Waals surface area contributed by atoms with Crippen LogP contribution in [-0.4, -0.2) is 56.6 Å². The summed E-state index contributed by atoms with van der Waals surface area (Å²) in [6.07, 6.45) is -0.897. The molecule has 0 bridgehead atoms. The number of fused-ring (bicyclic) bond motifs is 1. The number of amides is 1. The van der Waals surface area contributed by atoms with Crippen LogP contribution in [0.4, 0.5) is 0 Å². The topological polar surface area (TPSA) is 194 Å². The van der Waals surface area contributed by atoms with Crippen molar-refractivity contribution in [2.24, 2.45) is 10.1 Å². The van der Waals surface area contributed by atoms with Crippen LogP contribution in [0.3, 0.4) is 0 Å². The van der Waals surface area contributed by atoms with Crippen molar-refractivity contribution >= 4 is 21.6 Å². The molecule has 4 aromatic rings. The molecule has 3 N–H and O–H groups in total. The van der Waals surface area contributed by atoms with Gasteiger partial charge in [0.2, 0.25) is 12.7 Å². The van der Waals surface area contributed by atoms with Crippen LogP contribution < -0.4 is 25.1 Å². The van der Waals surface area contributed by atoms with E-state index in [0.717, 1.165) is 5.56 Å². The van der Waals surface area contributed by atoms with Gasteiger partial charge in [0, 0.05) is 36.5 Å². The second-order valence-corrected chi connectivity index (χ2v) is 13.9. The lowest BCUT2D eigenvalue weighted by molar-refractivity contribution is -0.130. The van der Waals surface area contributed by atoms with Gasteiger partial charge in [-0.05, 0) is 70.8 Å². The normalized spacial score (nSPS) is 17.6. The molecule has 2 aliphatic heterocycles. The smallest absolute Gasteiger partial charge is 0.266 e. The van der Waals surface area contributed by atoms with Crippen molar-refractivity contribution in [2.75, 3.05) is 25.8 Å². The number of ether oxygens (including phenoxy) is 4. The first-order valence-corrected chi connectivity index (χ1v) is 17.9. The van der Waals surface area contributed by atoms with Gasteiger partial charge in [0.25, 0.3) is 5.91 Å². The summed E-state index contributed by atoms with van der Waals surface area (Å²) in [4.78, 5) is 22.5. The summed E-state index contributed by atoms with van der Waals surface area (Å²) in [6.45, 7) is 0.620. The monoisotopic (exact) mass is 712 g/mol. The fourth-order valence-corrected chi connectivity index (χ4v) is 7.20. The largest absolute Gasteiger partial charge is 0.494 e. The van der Waals surface area contributed by atoms with Gasteiger partial charge in [-0.15, -0.1) is 0 Å². The minimum atomic E-state index is -3.87. The lowest BCUT2D eigenvalue weighted by Gasteiger charge is -2.31. The molecular formula is C36H36N6O8S. The van der Waals surface area contributed by atoms with Crippen LogP contribution in [0.25, 0.3) is 10.4 Å². The standard InChI is InChI=1S/C36H36N6O8S/c37-42-39-23-27-7-4-5-10-30(27)33-36(17-20-51(45,46)29-8-2-1-3-9-29,35(44)41-38-22-25-11-16-31-32(21-25)49-24-48-31)40-34(50-33)26-12-14-28(15-13-26)47-19-6-18-43/h1-5,7-16,21,33,38,43H,6,17-20,22-24H2,(H,41,44)/t33-,36-/m0/s1. The Balaban J connectivity index is 1.38. The predicted molar refractivity (Wildman–Crippen MR) is 187 cm³/mol. The van der Waals surface area contributed by atoms with Crippen molar-refractivity contribution in [3.05, 3.63) is 130 Å². The van der Waals surface area contributed by atoms with Crippen molar-refractivity contribution in [3.63, 3.8) is 0 Å². The number of nitrogens with zero attached hydrogens (tertiary/aromatic N) is 4. The Morgan fingerprint density at radius 3 is 2.57 bits per heavy atom. The highest BCUT2D eigenvalue weighted by Crippen LogP contribution is 2.44. The molecule has 4 aromatic carbocycles. The van der Waals surface area contributed by atoms with Gasteiger partial charge in [-0.25, -0.2) is 18.8 Å². The molecule has 1 amide bonds. The van der Waals surface area contributed by atoms with Gasteiger partial charge in [-0.2, -0.15) is 0 Å². The average molecular weight is 713 g/mol. The van der Waals surface area contributed by atoms with Crippen molar-refractivity contribution in [1.82, 2.24) is 10.9 Å². The summed E-state index contributed by atoms with van der Waals surface area (Å²) >= 11 is 0. The number of rotatable bonds is 16. The Morgan fingerprint density at radius 1 is 1.02 bits per heavy atom. The summed E-state index contributed by atoms with van der Waals surface area (Å²) in [6, 6.07) is 27.3. The van der Waals surface area contributed by atoms with E-state index in [2.05, 4.69) is 20.9 Å². The van der Waals surface area contributed by atoms with E-state index in [4.69, 9.17) is 34.6 Å². The first-order chi connectivity index (χ1) is 24.8. The molecule has 0 saturated heterocycles. The molecule has 51 heavy (non-hydrogen) atoms. The Kier molecular flexibility index (Phi) is 11.0. The van der Waals surface area contributed by atoms with Gasteiger partial charge < -0.3 is 24.1 Å². The highest BCUT2D eigenvalue weighted by molar-refractivity contribution is 7.91. The third-order valence-electron chi connectivity index (χ3n) is 8.46. The summed E-state index contributed by atoms with van der Waals surface area (Å²) in [7, 11) is -3.87. The minimum absolute atomic E-state index is 0.000951. The second kappa shape index (κ2) is 16.0. The van der Waals surface area contributed by atoms with Crippen LogP contribution in [0.5, 0.6) is 17.2 Å². The van der Waals surface area contributed by atoms with E-state index < -0.39 is 33.1 Å².